The highest BCUT2D eigenvalue weighted by molar-refractivity contribution is 6.30. The number of nitrogens with zero attached hydrogens (tertiary/aromatic N) is 2. The number of hydrogen-bond acceptors (Lipinski definition) is 2. The summed E-state index contributed by atoms with van der Waals surface area (Å²) in [5, 5.41) is 2.80. The SMILES string of the molecule is CC(=O)N(c1ccc(Cl)cc1)[C@@H]1C[C@H](C)N(C(=O)c2ccc3c(C(C)C)[nH]cc3c2)c2ccccc21. The Morgan fingerprint density at radius 3 is 2.47 bits per heavy atom. The number of halogens is 1. The minimum Gasteiger partial charge on any atom is -0.364 e. The summed E-state index contributed by atoms with van der Waals surface area (Å²) in [6.45, 7) is 7.94. The van der Waals surface area contributed by atoms with Gasteiger partial charge < -0.3 is 14.8 Å². The van der Waals surface area contributed by atoms with E-state index < -0.39 is 0 Å². The predicted molar refractivity (Wildman–Crippen MR) is 147 cm³/mol. The molecular formula is C30H30ClN3O2. The molecule has 4 aromatic rings. The van der Waals surface area contributed by atoms with Crippen LogP contribution in [0.5, 0.6) is 0 Å². The molecular weight excluding hydrogens is 470 g/mol. The van der Waals surface area contributed by atoms with E-state index in [0.717, 1.165) is 27.7 Å². The van der Waals surface area contributed by atoms with Crippen molar-refractivity contribution in [3.63, 3.8) is 0 Å². The van der Waals surface area contributed by atoms with Crippen LogP contribution in [0.4, 0.5) is 11.4 Å². The number of nitrogens with one attached hydrogen (secondary N) is 1. The van der Waals surface area contributed by atoms with E-state index in [2.05, 4.69) is 18.8 Å². The fraction of sp³-hybridized carbons (Fsp3) is 0.267. The van der Waals surface area contributed by atoms with Crippen molar-refractivity contribution in [2.45, 2.75) is 52.1 Å². The molecule has 0 saturated carbocycles. The monoisotopic (exact) mass is 499 g/mol. The fourth-order valence-corrected chi connectivity index (χ4v) is 5.56. The van der Waals surface area contributed by atoms with Crippen LogP contribution in [-0.2, 0) is 4.79 Å². The average molecular weight is 500 g/mol. The Morgan fingerprint density at radius 2 is 1.78 bits per heavy atom. The zero-order valence-corrected chi connectivity index (χ0v) is 21.7. The zero-order chi connectivity index (χ0) is 25.6. The van der Waals surface area contributed by atoms with Crippen molar-refractivity contribution in [2.24, 2.45) is 0 Å². The number of anilines is 2. The second kappa shape index (κ2) is 9.47. The van der Waals surface area contributed by atoms with E-state index in [-0.39, 0.29) is 23.9 Å². The number of aromatic amines is 1. The van der Waals surface area contributed by atoms with Gasteiger partial charge in [-0.15, -0.1) is 0 Å². The van der Waals surface area contributed by atoms with E-state index in [1.807, 2.05) is 77.5 Å². The van der Waals surface area contributed by atoms with Gasteiger partial charge in [0.25, 0.3) is 5.91 Å². The Morgan fingerprint density at radius 1 is 1.06 bits per heavy atom. The molecule has 1 aliphatic heterocycles. The number of aromatic nitrogens is 1. The van der Waals surface area contributed by atoms with Gasteiger partial charge in [0.15, 0.2) is 0 Å². The van der Waals surface area contributed by atoms with Gasteiger partial charge in [-0.05, 0) is 67.3 Å². The fourth-order valence-electron chi connectivity index (χ4n) is 5.43. The van der Waals surface area contributed by atoms with Gasteiger partial charge in [-0.3, -0.25) is 9.59 Å². The van der Waals surface area contributed by atoms with Crippen molar-refractivity contribution >= 4 is 45.6 Å². The number of benzene rings is 3. The standard InChI is InChI=1S/C30H30ClN3O2/c1-18(2)29-25-14-9-21(16-22(25)17-32-29)30(36)33-19(3)15-28(26-7-5-6-8-27(26)33)34(20(4)35)24-12-10-23(31)11-13-24/h5-14,16-19,28,32H,15H2,1-4H3/t19-,28+/m0/s1. The first-order chi connectivity index (χ1) is 17.3. The molecule has 2 heterocycles. The Hall–Kier alpha value is -3.57. The lowest BCUT2D eigenvalue weighted by Crippen LogP contribution is -2.47. The minimum atomic E-state index is -0.195. The summed E-state index contributed by atoms with van der Waals surface area (Å²) in [6.07, 6.45) is 2.59. The minimum absolute atomic E-state index is 0.0385. The Labute approximate surface area is 216 Å². The molecule has 5 nitrogen and oxygen atoms in total. The number of para-hydroxylation sites is 1. The number of hydrogen-bond donors (Lipinski definition) is 1. The molecule has 0 unspecified atom stereocenters. The Bertz CT molecular complexity index is 1440. The Balaban J connectivity index is 1.54. The van der Waals surface area contributed by atoms with Crippen LogP contribution in [-0.4, -0.2) is 22.8 Å². The van der Waals surface area contributed by atoms with E-state index in [1.54, 1.807) is 19.1 Å². The van der Waals surface area contributed by atoms with Crippen molar-refractivity contribution in [3.8, 4) is 0 Å². The molecule has 0 saturated heterocycles. The van der Waals surface area contributed by atoms with E-state index in [1.165, 1.54) is 5.69 Å². The number of amides is 2. The van der Waals surface area contributed by atoms with Crippen molar-refractivity contribution < 1.29 is 9.59 Å². The van der Waals surface area contributed by atoms with Crippen LogP contribution < -0.4 is 9.80 Å². The summed E-state index contributed by atoms with van der Waals surface area (Å²) in [6, 6.07) is 20.8. The van der Waals surface area contributed by atoms with Crippen LogP contribution in [0.25, 0.3) is 10.8 Å². The predicted octanol–water partition coefficient (Wildman–Crippen LogP) is 7.48. The average Bonchev–Trinajstić information content (AvgIpc) is 3.28. The molecule has 36 heavy (non-hydrogen) atoms. The summed E-state index contributed by atoms with van der Waals surface area (Å²) >= 11 is 6.10. The molecule has 6 heteroatoms. The molecule has 0 bridgehead atoms. The summed E-state index contributed by atoms with van der Waals surface area (Å²) in [4.78, 5) is 33.8. The third-order valence-corrected chi connectivity index (χ3v) is 7.34. The van der Waals surface area contributed by atoms with Gasteiger partial charge in [0.05, 0.1) is 6.04 Å². The van der Waals surface area contributed by atoms with Gasteiger partial charge in [-0.1, -0.05) is 49.7 Å². The van der Waals surface area contributed by atoms with Crippen molar-refractivity contribution in [1.82, 2.24) is 4.98 Å². The number of fused-ring (bicyclic) bond motifs is 2. The molecule has 3 aromatic carbocycles. The van der Waals surface area contributed by atoms with E-state index in [9.17, 15) is 9.59 Å². The number of carbonyl (C=O) groups excluding carboxylic acids is 2. The molecule has 5 rings (SSSR count). The third-order valence-electron chi connectivity index (χ3n) is 7.08. The lowest BCUT2D eigenvalue weighted by molar-refractivity contribution is -0.117. The van der Waals surface area contributed by atoms with Crippen molar-refractivity contribution in [3.05, 3.63) is 94.8 Å². The first-order valence-electron chi connectivity index (χ1n) is 12.3. The maximum absolute atomic E-state index is 13.9. The highest BCUT2D eigenvalue weighted by atomic mass is 35.5. The van der Waals surface area contributed by atoms with Gasteiger partial charge in [-0.2, -0.15) is 0 Å². The molecule has 0 spiro atoms. The van der Waals surface area contributed by atoms with Gasteiger partial charge in [0.2, 0.25) is 5.91 Å². The van der Waals surface area contributed by atoms with Crippen LogP contribution in [0.3, 0.4) is 0 Å². The quantitative estimate of drug-likeness (QED) is 0.316. The smallest absolute Gasteiger partial charge is 0.258 e. The summed E-state index contributed by atoms with van der Waals surface area (Å²) in [5.41, 5.74) is 4.41. The third kappa shape index (κ3) is 4.18. The molecule has 2 amide bonds. The summed E-state index contributed by atoms with van der Waals surface area (Å²) in [5.74, 6) is 0.284. The van der Waals surface area contributed by atoms with Crippen LogP contribution in [0.2, 0.25) is 5.02 Å². The lowest BCUT2D eigenvalue weighted by Gasteiger charge is -2.43. The summed E-state index contributed by atoms with van der Waals surface area (Å²) < 4.78 is 0. The van der Waals surface area contributed by atoms with Gasteiger partial charge in [0, 0.05) is 57.6 Å². The molecule has 0 aliphatic carbocycles. The molecule has 184 valence electrons. The first-order valence-corrected chi connectivity index (χ1v) is 12.7. The molecule has 0 fully saturated rings. The van der Waals surface area contributed by atoms with Crippen LogP contribution >= 0.6 is 11.6 Å². The number of carbonyl (C=O) groups is 2. The molecule has 1 N–H and O–H groups in total. The number of H-pyrrole nitrogens is 1. The molecule has 1 aromatic heterocycles. The first kappa shape index (κ1) is 24.1. The highest BCUT2D eigenvalue weighted by Crippen LogP contribution is 2.43. The van der Waals surface area contributed by atoms with E-state index >= 15 is 0 Å². The molecule has 1 aliphatic rings. The Kier molecular flexibility index (Phi) is 6.35. The van der Waals surface area contributed by atoms with Crippen LogP contribution in [0, 0.1) is 0 Å². The highest BCUT2D eigenvalue weighted by Gasteiger charge is 2.38. The maximum Gasteiger partial charge on any atom is 0.258 e. The van der Waals surface area contributed by atoms with Gasteiger partial charge in [0.1, 0.15) is 0 Å². The van der Waals surface area contributed by atoms with Crippen LogP contribution in [0.15, 0.2) is 72.9 Å². The van der Waals surface area contributed by atoms with E-state index in [0.29, 0.717) is 22.9 Å². The van der Waals surface area contributed by atoms with Crippen molar-refractivity contribution in [1.29, 1.82) is 0 Å². The van der Waals surface area contributed by atoms with Crippen molar-refractivity contribution in [2.75, 3.05) is 9.80 Å². The van der Waals surface area contributed by atoms with E-state index in [4.69, 9.17) is 11.6 Å². The normalized spacial score (nSPS) is 17.3. The molecule has 0 radical (unpaired) electrons. The van der Waals surface area contributed by atoms with Gasteiger partial charge in [-0.25, -0.2) is 0 Å². The lowest BCUT2D eigenvalue weighted by atomic mass is 9.89. The van der Waals surface area contributed by atoms with Gasteiger partial charge >= 0.3 is 0 Å². The molecule has 2 atom stereocenters. The second-order valence-electron chi connectivity index (χ2n) is 9.86. The van der Waals surface area contributed by atoms with Crippen LogP contribution in [0.1, 0.15) is 67.7 Å². The second-order valence-corrected chi connectivity index (χ2v) is 10.3. The summed E-state index contributed by atoms with van der Waals surface area (Å²) in [7, 11) is 0. The largest absolute Gasteiger partial charge is 0.364 e. The maximum atomic E-state index is 13.9. The topological polar surface area (TPSA) is 56.4 Å². The zero-order valence-electron chi connectivity index (χ0n) is 21.0. The number of rotatable bonds is 4.